The van der Waals surface area contributed by atoms with Gasteiger partial charge in [-0.1, -0.05) is 157 Å². The van der Waals surface area contributed by atoms with Crippen LogP contribution >= 0.6 is 0 Å². The molecular weight excluding hydrogens is 887 g/mol. The molecule has 0 spiro atoms. The quantitative estimate of drug-likeness (QED) is 0.129. The van der Waals surface area contributed by atoms with E-state index in [1.165, 1.54) is 27.5 Å². The summed E-state index contributed by atoms with van der Waals surface area (Å²) >= 11 is 0. The third-order valence-corrected chi connectivity index (χ3v) is 14.0. The van der Waals surface area contributed by atoms with Gasteiger partial charge in [-0.2, -0.15) is 0 Å². The van der Waals surface area contributed by atoms with Gasteiger partial charge in [-0.15, -0.1) is 0 Å². The number of hydrogen-bond acceptors (Lipinski definition) is 4. The number of anilines is 6. The lowest BCUT2D eigenvalue weighted by Gasteiger charge is -2.26. The third kappa shape index (κ3) is 8.72. The first kappa shape index (κ1) is 44.9. The van der Waals surface area contributed by atoms with E-state index in [0.29, 0.717) is 0 Å². The Morgan fingerprint density at radius 2 is 0.712 bits per heavy atom. The van der Waals surface area contributed by atoms with Crippen LogP contribution in [-0.4, -0.2) is 14.5 Å². The molecule has 0 saturated carbocycles. The number of para-hydroxylation sites is 2. The van der Waals surface area contributed by atoms with Gasteiger partial charge in [0, 0.05) is 67.3 Å². The van der Waals surface area contributed by atoms with Crippen LogP contribution in [0.25, 0.3) is 72.5 Å². The molecule has 5 heteroatoms. The highest BCUT2D eigenvalue weighted by Crippen LogP contribution is 2.43. The van der Waals surface area contributed by atoms with Crippen LogP contribution < -0.4 is 9.80 Å². The highest BCUT2D eigenvalue weighted by Gasteiger charge is 2.21. The third-order valence-electron chi connectivity index (χ3n) is 14.0. The van der Waals surface area contributed by atoms with Gasteiger partial charge in [-0.05, 0) is 153 Å². The summed E-state index contributed by atoms with van der Waals surface area (Å²) in [6.45, 7) is 8.53. The monoisotopic (exact) mass is 939 g/mol. The van der Waals surface area contributed by atoms with Crippen molar-refractivity contribution in [2.24, 2.45) is 0 Å². The first-order valence-electron chi connectivity index (χ1n) is 25.0. The van der Waals surface area contributed by atoms with Gasteiger partial charge < -0.3 is 14.4 Å². The van der Waals surface area contributed by atoms with Crippen molar-refractivity contribution in [3.63, 3.8) is 0 Å². The topological polar surface area (TPSA) is 37.2 Å². The first-order chi connectivity index (χ1) is 35.8. The predicted octanol–water partition coefficient (Wildman–Crippen LogP) is 18.4. The van der Waals surface area contributed by atoms with Crippen LogP contribution in [0.15, 0.2) is 249 Å². The average molecular weight is 940 g/mol. The molecule has 0 radical (unpaired) electrons. The average Bonchev–Trinajstić information content (AvgIpc) is 3.76. The molecule has 12 rings (SSSR count). The molecule has 0 aliphatic rings. The second kappa shape index (κ2) is 19.1. The first-order valence-corrected chi connectivity index (χ1v) is 25.0. The maximum Gasteiger partial charge on any atom is 0.160 e. The Labute approximate surface area is 427 Å². The molecule has 12 aromatic rings. The van der Waals surface area contributed by atoms with E-state index in [9.17, 15) is 0 Å². The molecule has 2 aromatic heterocycles. The van der Waals surface area contributed by atoms with Gasteiger partial charge in [0.05, 0.1) is 22.4 Å². The summed E-state index contributed by atoms with van der Waals surface area (Å²) in [5.41, 5.74) is 22.0. The Kier molecular flexibility index (Phi) is 11.7. The number of aryl methyl sites for hydroxylation is 4. The fraction of sp³-hybridized carbons (Fsp3) is 0.0588. The van der Waals surface area contributed by atoms with Crippen molar-refractivity contribution >= 4 is 55.9 Å². The van der Waals surface area contributed by atoms with Gasteiger partial charge in [0.1, 0.15) is 0 Å². The zero-order valence-corrected chi connectivity index (χ0v) is 41.4. The molecule has 0 aliphatic heterocycles. The molecule has 0 saturated heterocycles. The standard InChI is InChI=1S/C68H53N5/c1-46-23-33-55(34-24-46)71(53-17-7-5-8-18-53)58-39-41-66-62(43-58)63-44-59(72(54-19-9-6-10-20-54)56-35-25-47(2)26-36-56)40-42-67(63)73(66)57-37-31-51(32-38-57)50-27-29-52(30-28-50)64-45-65(60-21-13-11-15-48(60)3)70-68(69-64)61-22-14-12-16-49(61)4/h5-45H,1-4H3. The maximum atomic E-state index is 5.16. The van der Waals surface area contributed by atoms with E-state index in [0.717, 1.165) is 101 Å². The van der Waals surface area contributed by atoms with Crippen LogP contribution in [-0.2, 0) is 0 Å². The summed E-state index contributed by atoms with van der Waals surface area (Å²) in [7, 11) is 0. The van der Waals surface area contributed by atoms with Gasteiger partial charge >= 0.3 is 0 Å². The van der Waals surface area contributed by atoms with Crippen molar-refractivity contribution in [1.82, 2.24) is 14.5 Å². The minimum Gasteiger partial charge on any atom is -0.310 e. The van der Waals surface area contributed by atoms with E-state index in [1.54, 1.807) is 0 Å². The van der Waals surface area contributed by atoms with Gasteiger partial charge in [-0.3, -0.25) is 0 Å². The van der Waals surface area contributed by atoms with E-state index < -0.39 is 0 Å². The SMILES string of the molecule is Cc1ccc(N(c2ccccc2)c2ccc3c(c2)c2cc(N(c4ccccc4)c4ccc(C)cc4)ccc2n3-c2ccc(-c3ccc(-c4cc(-c5ccccc5C)nc(-c5ccccc5C)n4)cc3)cc2)cc1. The lowest BCUT2D eigenvalue weighted by molar-refractivity contribution is 1.17. The van der Waals surface area contributed by atoms with Crippen molar-refractivity contribution in [2.45, 2.75) is 27.7 Å². The molecule has 73 heavy (non-hydrogen) atoms. The molecule has 10 aromatic carbocycles. The van der Waals surface area contributed by atoms with Crippen molar-refractivity contribution in [3.05, 3.63) is 271 Å². The summed E-state index contributed by atoms with van der Waals surface area (Å²) in [5, 5.41) is 2.33. The molecule has 0 bridgehead atoms. The second-order valence-corrected chi connectivity index (χ2v) is 19.0. The van der Waals surface area contributed by atoms with Crippen molar-refractivity contribution < 1.29 is 0 Å². The van der Waals surface area contributed by atoms with Crippen LogP contribution in [0.5, 0.6) is 0 Å². The van der Waals surface area contributed by atoms with Crippen molar-refractivity contribution in [3.8, 4) is 50.7 Å². The van der Waals surface area contributed by atoms with Crippen LogP contribution in [0.1, 0.15) is 22.3 Å². The summed E-state index contributed by atoms with van der Waals surface area (Å²) in [4.78, 5) is 15.0. The van der Waals surface area contributed by atoms with Crippen LogP contribution in [0.2, 0.25) is 0 Å². The summed E-state index contributed by atoms with van der Waals surface area (Å²) in [6.07, 6.45) is 0. The molecule has 350 valence electrons. The van der Waals surface area contributed by atoms with Gasteiger partial charge in [0.2, 0.25) is 0 Å². The lowest BCUT2D eigenvalue weighted by atomic mass is 10.00. The fourth-order valence-electron chi connectivity index (χ4n) is 10.2. The molecular formula is C68H53N5. The minimum atomic E-state index is 0.727. The Morgan fingerprint density at radius 1 is 0.315 bits per heavy atom. The lowest BCUT2D eigenvalue weighted by Crippen LogP contribution is -2.10. The molecule has 0 atom stereocenters. The molecule has 0 aliphatic carbocycles. The Balaban J connectivity index is 0.959. The van der Waals surface area contributed by atoms with Crippen LogP contribution in [0.3, 0.4) is 0 Å². The summed E-state index contributed by atoms with van der Waals surface area (Å²) < 4.78 is 2.41. The van der Waals surface area contributed by atoms with E-state index >= 15 is 0 Å². The number of benzene rings is 10. The van der Waals surface area contributed by atoms with Gasteiger partial charge in [-0.25, -0.2) is 9.97 Å². The molecule has 0 fully saturated rings. The molecule has 0 amide bonds. The zero-order valence-electron chi connectivity index (χ0n) is 41.4. The molecule has 2 heterocycles. The predicted molar refractivity (Wildman–Crippen MR) is 306 cm³/mol. The number of hydrogen-bond donors (Lipinski definition) is 0. The van der Waals surface area contributed by atoms with Gasteiger partial charge in [0.15, 0.2) is 5.82 Å². The van der Waals surface area contributed by atoms with E-state index in [2.05, 4.69) is 291 Å². The Morgan fingerprint density at radius 3 is 1.21 bits per heavy atom. The molecule has 5 nitrogen and oxygen atoms in total. The maximum absolute atomic E-state index is 5.16. The number of aromatic nitrogens is 3. The fourth-order valence-corrected chi connectivity index (χ4v) is 10.2. The highest BCUT2D eigenvalue weighted by molar-refractivity contribution is 6.12. The molecule has 0 N–H and O–H groups in total. The van der Waals surface area contributed by atoms with E-state index in [4.69, 9.17) is 9.97 Å². The Bertz CT molecular complexity index is 3710. The highest BCUT2D eigenvalue weighted by atomic mass is 15.1. The van der Waals surface area contributed by atoms with Crippen LogP contribution in [0.4, 0.5) is 34.1 Å². The van der Waals surface area contributed by atoms with Crippen molar-refractivity contribution in [2.75, 3.05) is 9.80 Å². The van der Waals surface area contributed by atoms with Crippen LogP contribution in [0, 0.1) is 27.7 Å². The largest absolute Gasteiger partial charge is 0.310 e. The summed E-state index contributed by atoms with van der Waals surface area (Å²) in [6, 6.07) is 89.4. The van der Waals surface area contributed by atoms with Gasteiger partial charge in [0.25, 0.3) is 0 Å². The molecule has 0 unspecified atom stereocenters. The van der Waals surface area contributed by atoms with E-state index in [1.807, 2.05) is 0 Å². The van der Waals surface area contributed by atoms with E-state index in [-0.39, 0.29) is 0 Å². The summed E-state index contributed by atoms with van der Waals surface area (Å²) in [5.74, 6) is 0.727. The number of nitrogens with zero attached hydrogens (tertiary/aromatic N) is 5. The minimum absolute atomic E-state index is 0.727. The number of fused-ring (bicyclic) bond motifs is 3. The second-order valence-electron chi connectivity index (χ2n) is 19.0. The normalized spacial score (nSPS) is 11.3. The Hall–Kier alpha value is -9.32. The number of rotatable bonds is 11. The smallest absolute Gasteiger partial charge is 0.160 e. The van der Waals surface area contributed by atoms with Crippen molar-refractivity contribution in [1.29, 1.82) is 0 Å². The zero-order chi connectivity index (χ0) is 49.4.